The quantitative estimate of drug-likeness (QED) is 0.295. The molecule has 0 aromatic carbocycles. The van der Waals surface area contributed by atoms with Gasteiger partial charge in [0.25, 0.3) is 0 Å². The average molecular weight is 383 g/mol. The first-order valence-electron chi connectivity index (χ1n) is 8.79. The third-order valence-electron chi connectivity index (χ3n) is 3.93. The van der Waals surface area contributed by atoms with E-state index < -0.39 is 18.4 Å². The summed E-state index contributed by atoms with van der Waals surface area (Å²) in [5.74, 6) is 4.07. The van der Waals surface area contributed by atoms with Crippen LogP contribution >= 0.6 is 0 Å². The summed E-state index contributed by atoms with van der Waals surface area (Å²) in [6, 6.07) is 0. The number of allylic oxidation sites excluding steroid dienone is 2. The number of rotatable bonds is 10. The van der Waals surface area contributed by atoms with E-state index in [0.717, 1.165) is 0 Å². The average Bonchev–Trinajstić information content (AvgIpc) is 2.44. The van der Waals surface area contributed by atoms with Gasteiger partial charge in [0.1, 0.15) is 0 Å². The van der Waals surface area contributed by atoms with E-state index >= 15 is 0 Å². The molecule has 0 fully saturated rings. The Balaban J connectivity index is 4.91. The van der Waals surface area contributed by atoms with Gasteiger partial charge in [-0.3, -0.25) is 0 Å². The van der Waals surface area contributed by atoms with E-state index in [0.29, 0.717) is 5.92 Å². The molecule has 0 radical (unpaired) electrons. The first-order valence-corrected chi connectivity index (χ1v) is 16.3. The SMILES string of the molecule is CCC[CH2][Sn]([C]#C/C=C/C(C)C)([CH2]CCC)[CH2]CCC. The molecule has 0 bridgehead atoms. The Morgan fingerprint density at radius 3 is 1.65 bits per heavy atom. The number of hydrogen-bond acceptors (Lipinski definition) is 0. The molecule has 0 saturated carbocycles. The normalized spacial score (nSPS) is 11.9. The third-order valence-corrected chi connectivity index (χ3v) is 17.1. The first-order chi connectivity index (χ1) is 9.60. The van der Waals surface area contributed by atoms with Gasteiger partial charge in [0.15, 0.2) is 0 Å². The van der Waals surface area contributed by atoms with Gasteiger partial charge in [0, 0.05) is 0 Å². The van der Waals surface area contributed by atoms with Gasteiger partial charge >= 0.3 is 133 Å². The molecular weight excluding hydrogens is 347 g/mol. The number of hydrogen-bond donors (Lipinski definition) is 0. The van der Waals surface area contributed by atoms with Crippen LogP contribution in [0.4, 0.5) is 0 Å². The molecule has 0 aromatic rings. The standard InChI is InChI=1S/C7H9.3C4H9.Sn/c1-4-5-6-7(2)3;3*1-3-4-2;/h5-7H,2-3H3;3*1,3-4H2,2H3;/b6-5+;;;;. The summed E-state index contributed by atoms with van der Waals surface area (Å²) in [6.07, 6.45) is 12.6. The third kappa shape index (κ3) is 9.92. The van der Waals surface area contributed by atoms with Gasteiger partial charge in [0.05, 0.1) is 0 Å². The van der Waals surface area contributed by atoms with Crippen LogP contribution in [-0.4, -0.2) is 18.4 Å². The predicted octanol–water partition coefficient (Wildman–Crippen LogP) is 6.59. The van der Waals surface area contributed by atoms with E-state index in [1.807, 2.05) is 0 Å². The van der Waals surface area contributed by atoms with Crippen molar-refractivity contribution in [3.05, 3.63) is 12.2 Å². The monoisotopic (exact) mass is 384 g/mol. The molecule has 1 heteroatoms. The van der Waals surface area contributed by atoms with Crippen molar-refractivity contribution in [1.29, 1.82) is 0 Å². The van der Waals surface area contributed by atoms with E-state index in [4.69, 9.17) is 0 Å². The van der Waals surface area contributed by atoms with Gasteiger partial charge in [-0.25, -0.2) is 0 Å². The van der Waals surface area contributed by atoms with Gasteiger partial charge in [0.2, 0.25) is 0 Å². The van der Waals surface area contributed by atoms with Gasteiger partial charge < -0.3 is 0 Å². The molecule has 0 N–H and O–H groups in total. The zero-order chi connectivity index (χ0) is 15.3. The molecule has 0 heterocycles. The van der Waals surface area contributed by atoms with Gasteiger partial charge in [-0.2, -0.15) is 0 Å². The Labute approximate surface area is 132 Å². The van der Waals surface area contributed by atoms with Crippen LogP contribution in [0.25, 0.3) is 0 Å². The second kappa shape index (κ2) is 12.8. The van der Waals surface area contributed by atoms with Crippen molar-refractivity contribution < 1.29 is 0 Å². The maximum absolute atomic E-state index is 3.87. The zero-order valence-corrected chi connectivity index (χ0v) is 17.5. The molecule has 0 rings (SSSR count). The molecule has 0 aromatic heterocycles. The molecule has 0 saturated heterocycles. The van der Waals surface area contributed by atoms with Crippen LogP contribution in [0.2, 0.25) is 13.3 Å². The second-order valence-electron chi connectivity index (χ2n) is 6.46. The van der Waals surface area contributed by atoms with Gasteiger partial charge in [-0.1, -0.05) is 0 Å². The molecule has 0 aliphatic rings. The van der Waals surface area contributed by atoms with Crippen LogP contribution in [0, 0.1) is 15.8 Å². The summed E-state index contributed by atoms with van der Waals surface area (Å²) >= 11 is -2.17. The summed E-state index contributed by atoms with van der Waals surface area (Å²) in [7, 11) is 0. The molecule has 0 spiro atoms. The van der Waals surface area contributed by atoms with Crippen LogP contribution in [0.5, 0.6) is 0 Å². The Morgan fingerprint density at radius 1 is 0.850 bits per heavy atom. The van der Waals surface area contributed by atoms with E-state index in [1.165, 1.54) is 51.8 Å². The topological polar surface area (TPSA) is 0 Å². The van der Waals surface area contributed by atoms with Crippen molar-refractivity contribution in [3.8, 4) is 9.86 Å². The Kier molecular flexibility index (Phi) is 12.9. The Hall–Kier alpha value is 0.0987. The van der Waals surface area contributed by atoms with Crippen LogP contribution in [0.15, 0.2) is 12.2 Å². The van der Waals surface area contributed by atoms with E-state index in [-0.39, 0.29) is 0 Å². The molecule has 20 heavy (non-hydrogen) atoms. The van der Waals surface area contributed by atoms with Gasteiger partial charge in [-0.05, 0) is 0 Å². The summed E-state index contributed by atoms with van der Waals surface area (Å²) < 4.78 is 8.35. The minimum absolute atomic E-state index is 0.621. The molecule has 0 nitrogen and oxygen atoms in total. The van der Waals surface area contributed by atoms with E-state index in [9.17, 15) is 0 Å². The fourth-order valence-electron chi connectivity index (χ4n) is 2.54. The predicted molar refractivity (Wildman–Crippen MR) is 96.7 cm³/mol. The van der Waals surface area contributed by atoms with Crippen LogP contribution in [0.3, 0.4) is 0 Å². The van der Waals surface area contributed by atoms with Gasteiger partial charge in [-0.15, -0.1) is 0 Å². The van der Waals surface area contributed by atoms with E-state index in [2.05, 4.69) is 56.6 Å². The molecule has 0 aliphatic carbocycles. The van der Waals surface area contributed by atoms with Crippen molar-refractivity contribution in [2.24, 2.45) is 5.92 Å². The summed E-state index contributed by atoms with van der Waals surface area (Å²) in [6.45, 7) is 11.4. The second-order valence-corrected chi connectivity index (χ2v) is 18.8. The fourth-order valence-corrected chi connectivity index (χ4v) is 15.7. The molecular formula is C19H36Sn. The summed E-state index contributed by atoms with van der Waals surface area (Å²) in [5, 5.41) is 0. The summed E-state index contributed by atoms with van der Waals surface area (Å²) in [4.78, 5) is 0. The molecule has 0 aliphatic heterocycles. The van der Waals surface area contributed by atoms with Crippen LogP contribution < -0.4 is 0 Å². The summed E-state index contributed by atoms with van der Waals surface area (Å²) in [5.41, 5.74) is 0. The van der Waals surface area contributed by atoms with Crippen molar-refractivity contribution in [3.63, 3.8) is 0 Å². The van der Waals surface area contributed by atoms with Crippen molar-refractivity contribution >= 4 is 18.4 Å². The zero-order valence-electron chi connectivity index (χ0n) is 14.6. The molecule has 0 unspecified atom stereocenters. The number of unbranched alkanes of at least 4 members (excludes halogenated alkanes) is 3. The Bertz CT molecular complexity index is 282. The van der Waals surface area contributed by atoms with Crippen molar-refractivity contribution in [2.45, 2.75) is 86.5 Å². The molecule has 0 atom stereocenters. The minimum atomic E-state index is -2.17. The Morgan fingerprint density at radius 2 is 1.30 bits per heavy atom. The van der Waals surface area contributed by atoms with Crippen molar-refractivity contribution in [1.82, 2.24) is 0 Å². The fraction of sp³-hybridized carbons (Fsp3) is 0.789. The molecule has 116 valence electrons. The van der Waals surface area contributed by atoms with Crippen molar-refractivity contribution in [2.75, 3.05) is 0 Å². The molecule has 0 amide bonds. The van der Waals surface area contributed by atoms with E-state index in [1.54, 1.807) is 0 Å². The maximum atomic E-state index is 3.87. The van der Waals surface area contributed by atoms with Crippen LogP contribution in [0.1, 0.15) is 73.1 Å². The van der Waals surface area contributed by atoms with Crippen LogP contribution in [-0.2, 0) is 0 Å². The first kappa shape index (κ1) is 20.1.